The summed E-state index contributed by atoms with van der Waals surface area (Å²) in [5, 5.41) is 0. The summed E-state index contributed by atoms with van der Waals surface area (Å²) in [6, 6.07) is 0. The van der Waals surface area contributed by atoms with Crippen LogP contribution >= 0.6 is 0 Å². The van der Waals surface area contributed by atoms with Crippen molar-refractivity contribution in [3.63, 3.8) is 0 Å². The molecule has 0 unspecified atom stereocenters. The Bertz CT molecular complexity index is 135. The third-order valence-corrected chi connectivity index (χ3v) is 1.99. The summed E-state index contributed by atoms with van der Waals surface area (Å²) in [4.78, 5) is 11.4. The second-order valence-electron chi connectivity index (χ2n) is 4.34. The Morgan fingerprint density at radius 1 is 1.17 bits per heavy atom. The number of quaternary nitrogens is 1. The van der Waals surface area contributed by atoms with E-state index in [1.54, 1.807) is 0 Å². The van der Waals surface area contributed by atoms with Crippen LogP contribution < -0.4 is 5.73 Å². The number of carbonyl (C=O) groups is 1. The molecule has 0 radical (unpaired) electrons. The maximum atomic E-state index is 11.4. The molecule has 0 heterocycles. The van der Waals surface area contributed by atoms with Crippen molar-refractivity contribution in [2.45, 2.75) is 46.5 Å². The molecule has 0 aliphatic heterocycles. The molecule has 3 N–H and O–H groups in total. The van der Waals surface area contributed by atoms with Gasteiger partial charge in [-0.25, -0.2) is 0 Å². The summed E-state index contributed by atoms with van der Waals surface area (Å²) in [6.45, 7) is 6.94. The quantitative estimate of drug-likeness (QED) is 0.626. The fourth-order valence-electron chi connectivity index (χ4n) is 1.01. The second kappa shape index (κ2) is 5.31. The largest absolute Gasteiger partial charge is 0.358 e. The van der Waals surface area contributed by atoms with Crippen LogP contribution in [0.5, 0.6) is 0 Å². The first-order chi connectivity index (χ1) is 5.48. The van der Waals surface area contributed by atoms with E-state index in [9.17, 15) is 4.79 Å². The molecule has 0 bridgehead atoms. The molecule has 0 saturated heterocycles. The lowest BCUT2D eigenvalue weighted by molar-refractivity contribution is -0.368. The lowest BCUT2D eigenvalue weighted by Crippen LogP contribution is -2.50. The van der Waals surface area contributed by atoms with Gasteiger partial charge in [-0.2, -0.15) is 0 Å². The Hall–Kier alpha value is -0.370. The van der Waals surface area contributed by atoms with Crippen LogP contribution in [0.25, 0.3) is 0 Å². The van der Waals surface area contributed by atoms with E-state index in [2.05, 4.69) is 5.73 Å². The number of Topliss-reactive ketones (excluding diaryl/α,β-unsaturated/α-hetero) is 1. The monoisotopic (exact) mass is 172 g/mol. The predicted molar refractivity (Wildman–Crippen MR) is 50.7 cm³/mol. The molecule has 0 atom stereocenters. The number of ketones is 1. The maximum absolute atomic E-state index is 11.4. The van der Waals surface area contributed by atoms with Crippen LogP contribution in [-0.2, 0) is 4.79 Å². The van der Waals surface area contributed by atoms with E-state index in [1.807, 2.05) is 20.8 Å². The molecule has 0 amide bonds. The van der Waals surface area contributed by atoms with Crippen molar-refractivity contribution in [2.24, 2.45) is 5.41 Å². The molecule has 0 aromatic carbocycles. The van der Waals surface area contributed by atoms with Crippen molar-refractivity contribution in [3.05, 3.63) is 0 Å². The Morgan fingerprint density at radius 3 is 2.17 bits per heavy atom. The van der Waals surface area contributed by atoms with E-state index < -0.39 is 0 Å². The lowest BCUT2D eigenvalue weighted by Gasteiger charge is -2.15. The van der Waals surface area contributed by atoms with Crippen molar-refractivity contribution < 1.29 is 10.5 Å². The Morgan fingerprint density at radius 2 is 1.75 bits per heavy atom. The van der Waals surface area contributed by atoms with Crippen LogP contribution in [0.3, 0.4) is 0 Å². The van der Waals surface area contributed by atoms with Crippen molar-refractivity contribution in [2.75, 3.05) is 6.54 Å². The Kier molecular flexibility index (Phi) is 5.14. The first kappa shape index (κ1) is 11.6. The zero-order valence-electron chi connectivity index (χ0n) is 8.65. The lowest BCUT2D eigenvalue weighted by atomic mass is 9.88. The number of carbonyl (C=O) groups excluding carboxylic acids is 1. The Labute approximate surface area is 75.5 Å². The molecule has 12 heavy (non-hydrogen) atoms. The van der Waals surface area contributed by atoms with Crippen molar-refractivity contribution in [1.82, 2.24) is 0 Å². The van der Waals surface area contributed by atoms with Crippen LogP contribution in [0.4, 0.5) is 0 Å². The zero-order chi connectivity index (χ0) is 9.61. The van der Waals surface area contributed by atoms with Crippen LogP contribution in [0.2, 0.25) is 0 Å². The SMILES string of the molecule is CC(C)(C)C(=O)CCCCC[NH3+]. The van der Waals surface area contributed by atoms with Gasteiger partial charge in [0, 0.05) is 11.8 Å². The second-order valence-corrected chi connectivity index (χ2v) is 4.34. The summed E-state index contributed by atoms with van der Waals surface area (Å²) in [5.41, 5.74) is 3.62. The molecular formula is C10H22NO+. The van der Waals surface area contributed by atoms with E-state index in [1.165, 1.54) is 0 Å². The summed E-state index contributed by atoms with van der Waals surface area (Å²) in [5.74, 6) is 0.381. The summed E-state index contributed by atoms with van der Waals surface area (Å²) in [7, 11) is 0. The maximum Gasteiger partial charge on any atom is 0.138 e. The van der Waals surface area contributed by atoms with Crippen molar-refractivity contribution in [1.29, 1.82) is 0 Å². The predicted octanol–water partition coefficient (Wildman–Crippen LogP) is 1.40. The smallest absolute Gasteiger partial charge is 0.138 e. The minimum absolute atomic E-state index is 0.148. The standard InChI is InChI=1S/C10H21NO/c1-10(2,3)9(12)7-5-4-6-8-11/h4-8,11H2,1-3H3/p+1. The molecule has 0 aromatic heterocycles. The van der Waals surface area contributed by atoms with Gasteiger partial charge in [-0.3, -0.25) is 4.79 Å². The number of hydrogen-bond acceptors (Lipinski definition) is 1. The van der Waals surface area contributed by atoms with Crippen LogP contribution in [0.15, 0.2) is 0 Å². The first-order valence-electron chi connectivity index (χ1n) is 4.81. The summed E-state index contributed by atoms with van der Waals surface area (Å²) >= 11 is 0. The van der Waals surface area contributed by atoms with Gasteiger partial charge in [0.05, 0.1) is 6.54 Å². The first-order valence-corrected chi connectivity index (χ1v) is 4.81. The van der Waals surface area contributed by atoms with Gasteiger partial charge < -0.3 is 5.73 Å². The molecule has 0 aromatic rings. The van der Waals surface area contributed by atoms with Crippen LogP contribution in [0.1, 0.15) is 46.5 Å². The fraction of sp³-hybridized carbons (Fsp3) is 0.900. The third kappa shape index (κ3) is 5.30. The van der Waals surface area contributed by atoms with Crippen molar-refractivity contribution >= 4 is 5.78 Å². The molecule has 2 nitrogen and oxygen atoms in total. The van der Waals surface area contributed by atoms with Crippen molar-refractivity contribution in [3.8, 4) is 0 Å². The Balaban J connectivity index is 3.45. The molecule has 0 spiro atoms. The van der Waals surface area contributed by atoms with E-state index in [0.29, 0.717) is 5.78 Å². The van der Waals surface area contributed by atoms with E-state index in [0.717, 1.165) is 32.2 Å². The zero-order valence-corrected chi connectivity index (χ0v) is 8.65. The highest BCUT2D eigenvalue weighted by atomic mass is 16.1. The molecule has 0 fully saturated rings. The van der Waals surface area contributed by atoms with Gasteiger partial charge in [-0.1, -0.05) is 20.8 Å². The summed E-state index contributed by atoms with van der Waals surface area (Å²) < 4.78 is 0. The van der Waals surface area contributed by atoms with Gasteiger partial charge in [0.2, 0.25) is 0 Å². The third-order valence-electron chi connectivity index (χ3n) is 1.99. The highest BCUT2D eigenvalue weighted by Crippen LogP contribution is 2.18. The minimum Gasteiger partial charge on any atom is -0.358 e. The van der Waals surface area contributed by atoms with Gasteiger partial charge in [-0.15, -0.1) is 0 Å². The molecule has 0 aliphatic carbocycles. The number of rotatable bonds is 5. The topological polar surface area (TPSA) is 44.7 Å². The van der Waals surface area contributed by atoms with Gasteiger partial charge in [0.25, 0.3) is 0 Å². The normalized spacial score (nSPS) is 11.7. The molecule has 0 rings (SSSR count). The minimum atomic E-state index is -0.148. The average Bonchev–Trinajstić information content (AvgIpc) is 1.96. The molecular weight excluding hydrogens is 150 g/mol. The fourth-order valence-corrected chi connectivity index (χ4v) is 1.01. The number of unbranched alkanes of at least 4 members (excludes halogenated alkanes) is 2. The van der Waals surface area contributed by atoms with E-state index >= 15 is 0 Å². The molecule has 0 aliphatic rings. The van der Waals surface area contributed by atoms with E-state index in [-0.39, 0.29) is 5.41 Å². The van der Waals surface area contributed by atoms with Crippen LogP contribution in [-0.4, -0.2) is 12.3 Å². The van der Waals surface area contributed by atoms with Crippen LogP contribution in [0, 0.1) is 5.41 Å². The summed E-state index contributed by atoms with van der Waals surface area (Å²) in [6.07, 6.45) is 4.07. The highest BCUT2D eigenvalue weighted by molar-refractivity contribution is 5.83. The van der Waals surface area contributed by atoms with E-state index in [4.69, 9.17) is 0 Å². The molecule has 2 heteroatoms. The van der Waals surface area contributed by atoms with Gasteiger partial charge >= 0.3 is 0 Å². The highest BCUT2D eigenvalue weighted by Gasteiger charge is 2.19. The molecule has 0 saturated carbocycles. The molecule has 72 valence electrons. The number of hydrogen-bond donors (Lipinski definition) is 1. The average molecular weight is 172 g/mol. The van der Waals surface area contributed by atoms with Gasteiger partial charge in [-0.05, 0) is 19.3 Å². The van der Waals surface area contributed by atoms with Gasteiger partial charge in [0.15, 0.2) is 0 Å². The van der Waals surface area contributed by atoms with Gasteiger partial charge in [0.1, 0.15) is 5.78 Å².